The molecule has 0 atom stereocenters. The van der Waals surface area contributed by atoms with E-state index in [1.807, 2.05) is 18.2 Å². The fourth-order valence-corrected chi connectivity index (χ4v) is 3.60. The summed E-state index contributed by atoms with van der Waals surface area (Å²) in [6.07, 6.45) is 0.701. The summed E-state index contributed by atoms with van der Waals surface area (Å²) < 4.78 is 24.3. The Hall–Kier alpha value is -3.74. The molecule has 3 aromatic carbocycles. The van der Waals surface area contributed by atoms with Gasteiger partial charge in [-0.15, -0.1) is 0 Å². The number of ether oxygens (including phenoxy) is 2. The second-order valence-corrected chi connectivity index (χ2v) is 6.96. The monoisotopic (exact) mass is 407 g/mol. The van der Waals surface area contributed by atoms with Gasteiger partial charge in [0.2, 0.25) is 0 Å². The fraction of sp³-hybridized carbons (Fsp3) is 0.174. The van der Waals surface area contributed by atoms with Gasteiger partial charge in [-0.1, -0.05) is 6.07 Å². The van der Waals surface area contributed by atoms with Crippen molar-refractivity contribution in [3.05, 3.63) is 70.1 Å². The lowest BCUT2D eigenvalue weighted by atomic mass is 10.1. The van der Waals surface area contributed by atoms with Gasteiger partial charge in [-0.3, -0.25) is 4.79 Å². The van der Waals surface area contributed by atoms with E-state index in [4.69, 9.17) is 15.2 Å². The molecule has 30 heavy (non-hydrogen) atoms. The summed E-state index contributed by atoms with van der Waals surface area (Å²) in [5, 5.41) is 4.01. The van der Waals surface area contributed by atoms with Crippen LogP contribution in [0.3, 0.4) is 0 Å². The molecule has 0 fully saturated rings. The lowest BCUT2D eigenvalue weighted by molar-refractivity contribution is 0.354. The molecule has 0 aliphatic carbocycles. The number of nitrogens with two attached hydrogens (primary N) is 1. The number of H-pyrrole nitrogens is 1. The average molecular weight is 407 g/mol. The highest BCUT2D eigenvalue weighted by atomic mass is 19.1. The molecule has 0 spiro atoms. The third-order valence-electron chi connectivity index (χ3n) is 5.13. The molecule has 4 aromatic rings. The van der Waals surface area contributed by atoms with E-state index in [0.29, 0.717) is 52.3 Å². The Morgan fingerprint density at radius 1 is 1.03 bits per heavy atom. The summed E-state index contributed by atoms with van der Waals surface area (Å²) in [6, 6.07) is 13.4. The molecule has 0 aliphatic heterocycles. The summed E-state index contributed by atoms with van der Waals surface area (Å²) in [5.41, 5.74) is 9.07. The zero-order valence-electron chi connectivity index (χ0n) is 16.7. The number of fused-ring (bicyclic) bond motifs is 2. The largest absolute Gasteiger partial charge is 0.493 e. The van der Waals surface area contributed by atoms with Crippen LogP contribution in [0.1, 0.15) is 5.56 Å². The van der Waals surface area contributed by atoms with Crippen LogP contribution in [0.2, 0.25) is 0 Å². The molecule has 0 saturated carbocycles. The van der Waals surface area contributed by atoms with Gasteiger partial charge in [-0.2, -0.15) is 0 Å². The molecule has 154 valence electrons. The minimum Gasteiger partial charge on any atom is -0.493 e. The van der Waals surface area contributed by atoms with Crippen molar-refractivity contribution in [2.75, 3.05) is 31.8 Å². The van der Waals surface area contributed by atoms with Crippen LogP contribution in [0.4, 0.5) is 15.8 Å². The summed E-state index contributed by atoms with van der Waals surface area (Å²) in [6.45, 7) is 0.579. The Labute approximate surface area is 172 Å². The lowest BCUT2D eigenvalue weighted by Crippen LogP contribution is -2.12. The Balaban J connectivity index is 1.66. The van der Waals surface area contributed by atoms with Gasteiger partial charge in [0.05, 0.1) is 36.3 Å². The minimum absolute atomic E-state index is 0.265. The standard InChI is InChI=1S/C23H22FN3O3/c1-29-19-8-3-13(11-20(19)30-2)9-10-26-18-7-5-16(25)22-21(18)23(28)15-12-14(24)4-6-17(15)27-22/h3-8,11-12,26H,9-10,25H2,1-2H3,(H,27,28). The summed E-state index contributed by atoms with van der Waals surface area (Å²) in [4.78, 5) is 16.2. The number of nitrogens with one attached hydrogen (secondary N) is 2. The fourth-order valence-electron chi connectivity index (χ4n) is 3.60. The number of pyridine rings is 1. The van der Waals surface area contributed by atoms with Crippen molar-refractivity contribution in [2.24, 2.45) is 0 Å². The van der Waals surface area contributed by atoms with Crippen LogP contribution in [0.25, 0.3) is 21.8 Å². The molecular formula is C23H22FN3O3. The molecule has 7 heteroatoms. The third kappa shape index (κ3) is 3.50. The number of anilines is 2. The minimum atomic E-state index is -0.459. The first kappa shape index (κ1) is 19.6. The number of halogens is 1. The normalized spacial score (nSPS) is 11.0. The van der Waals surface area contributed by atoms with Crippen molar-refractivity contribution in [1.29, 1.82) is 0 Å². The average Bonchev–Trinajstić information content (AvgIpc) is 2.76. The van der Waals surface area contributed by atoms with Crippen LogP contribution in [0.15, 0.2) is 53.3 Å². The first-order valence-corrected chi connectivity index (χ1v) is 9.50. The Morgan fingerprint density at radius 3 is 2.60 bits per heavy atom. The number of benzene rings is 3. The number of rotatable bonds is 6. The summed E-state index contributed by atoms with van der Waals surface area (Å²) >= 11 is 0. The van der Waals surface area contributed by atoms with Crippen LogP contribution in [0.5, 0.6) is 11.5 Å². The van der Waals surface area contributed by atoms with E-state index in [1.54, 1.807) is 32.4 Å². The van der Waals surface area contributed by atoms with Crippen molar-refractivity contribution < 1.29 is 13.9 Å². The number of aromatic nitrogens is 1. The number of nitrogen functional groups attached to an aromatic ring is 1. The molecule has 0 saturated heterocycles. The Kier molecular flexibility index (Phi) is 5.18. The SMILES string of the molecule is COc1ccc(CCNc2ccc(N)c3[nH]c4ccc(F)cc4c(=O)c23)cc1OC. The predicted molar refractivity (Wildman–Crippen MR) is 118 cm³/mol. The molecule has 0 unspecified atom stereocenters. The highest BCUT2D eigenvalue weighted by Crippen LogP contribution is 2.29. The van der Waals surface area contributed by atoms with Gasteiger partial charge < -0.3 is 25.5 Å². The van der Waals surface area contributed by atoms with Crippen molar-refractivity contribution in [3.63, 3.8) is 0 Å². The zero-order chi connectivity index (χ0) is 21.3. The smallest absolute Gasteiger partial charge is 0.199 e. The molecule has 0 amide bonds. The highest BCUT2D eigenvalue weighted by Gasteiger charge is 2.13. The van der Waals surface area contributed by atoms with Crippen LogP contribution in [-0.4, -0.2) is 25.7 Å². The van der Waals surface area contributed by atoms with Gasteiger partial charge in [0, 0.05) is 17.6 Å². The van der Waals surface area contributed by atoms with E-state index in [2.05, 4.69) is 10.3 Å². The van der Waals surface area contributed by atoms with E-state index in [9.17, 15) is 9.18 Å². The van der Waals surface area contributed by atoms with E-state index in [0.717, 1.165) is 5.56 Å². The molecule has 4 rings (SSSR count). The number of hydrogen-bond donors (Lipinski definition) is 3. The van der Waals surface area contributed by atoms with Crippen molar-refractivity contribution in [1.82, 2.24) is 4.98 Å². The first-order valence-electron chi connectivity index (χ1n) is 9.50. The molecule has 0 bridgehead atoms. The molecule has 1 aromatic heterocycles. The van der Waals surface area contributed by atoms with Crippen molar-refractivity contribution in [3.8, 4) is 11.5 Å². The zero-order valence-corrected chi connectivity index (χ0v) is 16.7. The van der Waals surface area contributed by atoms with Crippen molar-refractivity contribution >= 4 is 33.2 Å². The maximum absolute atomic E-state index is 13.7. The number of hydrogen-bond acceptors (Lipinski definition) is 5. The van der Waals surface area contributed by atoms with Gasteiger partial charge in [0.15, 0.2) is 16.9 Å². The topological polar surface area (TPSA) is 89.4 Å². The second kappa shape index (κ2) is 7.94. The van der Waals surface area contributed by atoms with Gasteiger partial charge >= 0.3 is 0 Å². The molecule has 0 radical (unpaired) electrons. The highest BCUT2D eigenvalue weighted by molar-refractivity contribution is 6.04. The van der Waals surface area contributed by atoms with Gasteiger partial charge in [-0.05, 0) is 54.4 Å². The lowest BCUT2D eigenvalue weighted by Gasteiger charge is -2.13. The van der Waals surface area contributed by atoms with Crippen LogP contribution < -0.4 is 26.0 Å². The van der Waals surface area contributed by atoms with E-state index in [-0.39, 0.29) is 10.8 Å². The van der Waals surface area contributed by atoms with Gasteiger partial charge in [0.25, 0.3) is 0 Å². The van der Waals surface area contributed by atoms with E-state index < -0.39 is 5.82 Å². The number of aromatic amines is 1. The molecule has 4 N–H and O–H groups in total. The number of methoxy groups -OCH3 is 2. The maximum atomic E-state index is 13.7. The predicted octanol–water partition coefficient (Wildman–Crippen LogP) is 4.07. The third-order valence-corrected chi connectivity index (χ3v) is 5.13. The van der Waals surface area contributed by atoms with E-state index >= 15 is 0 Å². The summed E-state index contributed by atoms with van der Waals surface area (Å²) in [7, 11) is 3.19. The molecule has 0 aliphatic rings. The molecule has 1 heterocycles. The summed E-state index contributed by atoms with van der Waals surface area (Å²) in [5.74, 6) is 0.876. The maximum Gasteiger partial charge on any atom is 0.199 e. The van der Waals surface area contributed by atoms with Gasteiger partial charge in [-0.25, -0.2) is 4.39 Å². The van der Waals surface area contributed by atoms with Crippen molar-refractivity contribution in [2.45, 2.75) is 6.42 Å². The molecular weight excluding hydrogens is 385 g/mol. The first-order chi connectivity index (χ1) is 14.5. The molecule has 6 nitrogen and oxygen atoms in total. The second-order valence-electron chi connectivity index (χ2n) is 6.96. The Bertz CT molecular complexity index is 1300. The van der Waals surface area contributed by atoms with Crippen LogP contribution >= 0.6 is 0 Å². The van der Waals surface area contributed by atoms with Crippen LogP contribution in [-0.2, 0) is 6.42 Å². The van der Waals surface area contributed by atoms with Crippen LogP contribution in [0, 0.1) is 5.82 Å². The van der Waals surface area contributed by atoms with Gasteiger partial charge in [0.1, 0.15) is 5.82 Å². The Morgan fingerprint density at radius 2 is 1.83 bits per heavy atom. The quantitative estimate of drug-likeness (QED) is 0.331. The van der Waals surface area contributed by atoms with E-state index in [1.165, 1.54) is 12.1 Å².